The summed E-state index contributed by atoms with van der Waals surface area (Å²) < 4.78 is 31.2. The molecule has 2 aromatic carbocycles. The van der Waals surface area contributed by atoms with E-state index < -0.39 is 27.9 Å². The number of nitrogens with one attached hydrogen (secondary N) is 1. The van der Waals surface area contributed by atoms with Crippen LogP contribution in [-0.2, 0) is 19.6 Å². The van der Waals surface area contributed by atoms with Crippen LogP contribution in [0.25, 0.3) is 0 Å². The van der Waals surface area contributed by atoms with Crippen molar-refractivity contribution in [3.63, 3.8) is 0 Å². The predicted octanol–water partition coefficient (Wildman–Crippen LogP) is 3.58. The zero-order valence-electron chi connectivity index (χ0n) is 18.1. The van der Waals surface area contributed by atoms with Crippen molar-refractivity contribution in [3.8, 4) is 0 Å². The molecule has 2 aromatic rings. The normalized spacial score (nSPS) is 12.2. The van der Waals surface area contributed by atoms with E-state index in [2.05, 4.69) is 5.32 Å². The van der Waals surface area contributed by atoms with E-state index in [4.69, 9.17) is 4.74 Å². The van der Waals surface area contributed by atoms with E-state index in [-0.39, 0.29) is 6.61 Å². The molecule has 1 amide bonds. The fraction of sp³-hybridized carbons (Fsp3) is 0.364. The molecule has 0 bridgehead atoms. The minimum atomic E-state index is -3.73. The quantitative estimate of drug-likeness (QED) is 0.675. The van der Waals surface area contributed by atoms with Crippen LogP contribution in [0.2, 0.25) is 0 Å². The number of rotatable bonds is 7. The van der Waals surface area contributed by atoms with Gasteiger partial charge >= 0.3 is 5.97 Å². The van der Waals surface area contributed by atoms with Crippen molar-refractivity contribution in [2.75, 3.05) is 22.5 Å². The smallest absolute Gasteiger partial charge is 0.338 e. The van der Waals surface area contributed by atoms with E-state index in [0.717, 1.165) is 21.7 Å². The van der Waals surface area contributed by atoms with Gasteiger partial charge in [0.1, 0.15) is 6.04 Å². The lowest BCUT2D eigenvalue weighted by Crippen LogP contribution is -2.45. The largest absolute Gasteiger partial charge is 0.462 e. The van der Waals surface area contributed by atoms with Crippen molar-refractivity contribution in [2.24, 2.45) is 0 Å². The first-order valence-corrected chi connectivity index (χ1v) is 11.5. The number of esters is 1. The third kappa shape index (κ3) is 5.38. The third-order valence-corrected chi connectivity index (χ3v) is 5.88. The highest BCUT2D eigenvalue weighted by Gasteiger charge is 2.30. The van der Waals surface area contributed by atoms with Gasteiger partial charge < -0.3 is 10.1 Å². The zero-order chi connectivity index (χ0) is 22.6. The molecule has 0 fully saturated rings. The number of benzene rings is 2. The van der Waals surface area contributed by atoms with Crippen molar-refractivity contribution in [2.45, 2.75) is 40.7 Å². The van der Waals surface area contributed by atoms with E-state index in [1.165, 1.54) is 6.92 Å². The molecule has 0 unspecified atom stereocenters. The van der Waals surface area contributed by atoms with Crippen LogP contribution in [-0.4, -0.2) is 39.2 Å². The molecule has 1 atom stereocenters. The molecule has 0 heterocycles. The maximum atomic E-state index is 13.0. The number of hydrogen-bond donors (Lipinski definition) is 1. The molecule has 162 valence electrons. The summed E-state index contributed by atoms with van der Waals surface area (Å²) in [7, 11) is -3.73. The number of carbonyl (C=O) groups excluding carboxylic acids is 2. The molecule has 0 spiro atoms. The van der Waals surface area contributed by atoms with Crippen LogP contribution in [0.3, 0.4) is 0 Å². The highest BCUT2D eigenvalue weighted by Crippen LogP contribution is 2.25. The van der Waals surface area contributed by atoms with Crippen LogP contribution >= 0.6 is 0 Å². The van der Waals surface area contributed by atoms with E-state index in [1.807, 2.05) is 19.9 Å². The topological polar surface area (TPSA) is 92.8 Å². The summed E-state index contributed by atoms with van der Waals surface area (Å²) in [5.41, 5.74) is 3.53. The Morgan fingerprint density at radius 2 is 1.70 bits per heavy atom. The average Bonchev–Trinajstić information content (AvgIpc) is 2.61. The SMILES string of the molecule is CCOC(=O)c1cccc(NC(=O)[C@H](C)N(c2cc(C)cc(C)c2)S(C)(=O)=O)c1C. The van der Waals surface area contributed by atoms with Gasteiger partial charge in [-0.15, -0.1) is 0 Å². The van der Waals surface area contributed by atoms with E-state index in [9.17, 15) is 18.0 Å². The Kier molecular flexibility index (Phi) is 7.25. The summed E-state index contributed by atoms with van der Waals surface area (Å²) in [6.07, 6.45) is 1.07. The molecule has 0 saturated carbocycles. The second-order valence-electron chi connectivity index (χ2n) is 7.27. The number of anilines is 2. The number of sulfonamides is 1. The van der Waals surface area contributed by atoms with Crippen LogP contribution in [0.15, 0.2) is 36.4 Å². The zero-order valence-corrected chi connectivity index (χ0v) is 19.0. The van der Waals surface area contributed by atoms with Gasteiger partial charge in [0.2, 0.25) is 15.9 Å². The molecule has 0 aliphatic rings. The lowest BCUT2D eigenvalue weighted by atomic mass is 10.1. The molecule has 0 saturated heterocycles. The molecule has 2 rings (SSSR count). The van der Waals surface area contributed by atoms with Gasteiger partial charge in [-0.25, -0.2) is 13.2 Å². The maximum absolute atomic E-state index is 13.0. The lowest BCUT2D eigenvalue weighted by molar-refractivity contribution is -0.116. The summed E-state index contributed by atoms with van der Waals surface area (Å²) in [5, 5.41) is 2.75. The van der Waals surface area contributed by atoms with Gasteiger partial charge in [-0.3, -0.25) is 9.10 Å². The van der Waals surface area contributed by atoms with Crippen LogP contribution in [0.5, 0.6) is 0 Å². The number of aryl methyl sites for hydroxylation is 2. The third-order valence-electron chi connectivity index (χ3n) is 4.64. The number of ether oxygens (including phenoxy) is 1. The second-order valence-corrected chi connectivity index (χ2v) is 9.13. The Bertz CT molecular complexity index is 1040. The summed E-state index contributed by atoms with van der Waals surface area (Å²) in [6.45, 7) is 8.92. The Balaban J connectivity index is 2.37. The number of amides is 1. The summed E-state index contributed by atoms with van der Waals surface area (Å²) in [5.74, 6) is -0.990. The maximum Gasteiger partial charge on any atom is 0.338 e. The van der Waals surface area contributed by atoms with Crippen LogP contribution in [0, 0.1) is 20.8 Å². The summed E-state index contributed by atoms with van der Waals surface area (Å²) in [4.78, 5) is 25.1. The second kappa shape index (κ2) is 9.30. The molecule has 7 nitrogen and oxygen atoms in total. The van der Waals surface area contributed by atoms with Gasteiger partial charge in [-0.1, -0.05) is 12.1 Å². The van der Waals surface area contributed by atoms with E-state index in [0.29, 0.717) is 22.5 Å². The first kappa shape index (κ1) is 23.4. The fourth-order valence-corrected chi connectivity index (χ4v) is 4.48. The van der Waals surface area contributed by atoms with Gasteiger partial charge in [-0.2, -0.15) is 0 Å². The van der Waals surface area contributed by atoms with Crippen LogP contribution < -0.4 is 9.62 Å². The minimum Gasteiger partial charge on any atom is -0.462 e. The van der Waals surface area contributed by atoms with Gasteiger partial charge in [-0.05, 0) is 75.6 Å². The van der Waals surface area contributed by atoms with Crippen molar-refractivity contribution in [3.05, 3.63) is 58.7 Å². The van der Waals surface area contributed by atoms with Gasteiger partial charge in [0, 0.05) is 5.69 Å². The summed E-state index contributed by atoms with van der Waals surface area (Å²) >= 11 is 0. The molecule has 0 aromatic heterocycles. The molecular formula is C22H28N2O5S. The fourth-order valence-electron chi connectivity index (χ4n) is 3.32. The first-order valence-electron chi connectivity index (χ1n) is 9.61. The van der Waals surface area contributed by atoms with Gasteiger partial charge in [0.05, 0.1) is 24.1 Å². The van der Waals surface area contributed by atoms with Crippen molar-refractivity contribution >= 4 is 33.3 Å². The lowest BCUT2D eigenvalue weighted by Gasteiger charge is -2.29. The predicted molar refractivity (Wildman–Crippen MR) is 118 cm³/mol. The highest BCUT2D eigenvalue weighted by molar-refractivity contribution is 7.92. The Morgan fingerprint density at radius 3 is 2.23 bits per heavy atom. The molecule has 0 aliphatic heterocycles. The van der Waals surface area contributed by atoms with Crippen LogP contribution in [0.4, 0.5) is 11.4 Å². The molecule has 1 N–H and O–H groups in total. The van der Waals surface area contributed by atoms with Crippen molar-refractivity contribution in [1.29, 1.82) is 0 Å². The number of nitrogens with zero attached hydrogens (tertiary/aromatic N) is 1. The molecular weight excluding hydrogens is 404 g/mol. The first-order chi connectivity index (χ1) is 14.0. The average molecular weight is 433 g/mol. The number of hydrogen-bond acceptors (Lipinski definition) is 5. The van der Waals surface area contributed by atoms with Gasteiger partial charge in [0.15, 0.2) is 0 Å². The van der Waals surface area contributed by atoms with Crippen LogP contribution in [0.1, 0.15) is 40.9 Å². The van der Waals surface area contributed by atoms with E-state index in [1.54, 1.807) is 44.2 Å². The Morgan fingerprint density at radius 1 is 1.10 bits per heavy atom. The highest BCUT2D eigenvalue weighted by atomic mass is 32.2. The summed E-state index contributed by atoms with van der Waals surface area (Å²) in [6, 6.07) is 9.28. The Hall–Kier alpha value is -2.87. The van der Waals surface area contributed by atoms with Crippen molar-refractivity contribution in [1.82, 2.24) is 0 Å². The number of carbonyl (C=O) groups is 2. The van der Waals surface area contributed by atoms with Crippen molar-refractivity contribution < 1.29 is 22.7 Å². The molecule has 0 radical (unpaired) electrons. The monoisotopic (exact) mass is 432 g/mol. The molecule has 0 aliphatic carbocycles. The Labute approximate surface area is 178 Å². The van der Waals surface area contributed by atoms with Gasteiger partial charge in [0.25, 0.3) is 0 Å². The van der Waals surface area contributed by atoms with E-state index >= 15 is 0 Å². The molecule has 30 heavy (non-hydrogen) atoms. The molecule has 8 heteroatoms. The minimum absolute atomic E-state index is 0.241. The standard InChI is InChI=1S/C22H28N2O5S/c1-7-29-22(26)19-9-8-10-20(16(19)4)23-21(25)17(5)24(30(6,27)28)18-12-14(2)11-15(3)13-18/h8-13,17H,7H2,1-6H3,(H,23,25)/t17-/m0/s1.